The minimum absolute atomic E-state index is 0.104. The monoisotopic (exact) mass is 359 g/mol. The van der Waals surface area contributed by atoms with Crippen LogP contribution >= 0.6 is 12.2 Å². The maximum atomic E-state index is 12.1. The molecule has 0 aliphatic heterocycles. The standard InChI is InChI=1S/C18H21N3O3S/c1-4-21(16-10-5-6-11-19-16)18(25)23-15-9-7-8-14(12-15)17(22)20-24-13(2)3/h5-13H,4H2,1-3H3,(H,20,22). The third-order valence-electron chi connectivity index (χ3n) is 3.15. The number of hydroxylamine groups is 1. The van der Waals surface area contributed by atoms with E-state index in [0.717, 1.165) is 0 Å². The van der Waals surface area contributed by atoms with Crippen LogP contribution in [0, 0.1) is 0 Å². The minimum atomic E-state index is -0.345. The van der Waals surface area contributed by atoms with E-state index in [1.807, 2.05) is 39.0 Å². The van der Waals surface area contributed by atoms with E-state index in [1.165, 1.54) is 0 Å². The van der Waals surface area contributed by atoms with Crippen LogP contribution in [0.15, 0.2) is 48.7 Å². The second-order valence-corrected chi connectivity index (χ2v) is 5.78. The lowest BCUT2D eigenvalue weighted by Gasteiger charge is -2.22. The maximum absolute atomic E-state index is 12.1. The van der Waals surface area contributed by atoms with Gasteiger partial charge >= 0.3 is 0 Å². The number of nitrogens with one attached hydrogen (secondary N) is 1. The fraction of sp³-hybridized carbons (Fsp3) is 0.278. The highest BCUT2D eigenvalue weighted by atomic mass is 32.1. The average Bonchev–Trinajstić information content (AvgIpc) is 2.61. The molecule has 0 radical (unpaired) electrons. The quantitative estimate of drug-likeness (QED) is 0.630. The molecule has 6 nitrogen and oxygen atoms in total. The van der Waals surface area contributed by atoms with E-state index in [2.05, 4.69) is 10.5 Å². The Morgan fingerprint density at radius 3 is 2.72 bits per heavy atom. The first kappa shape index (κ1) is 18.8. The normalized spacial score (nSPS) is 10.4. The van der Waals surface area contributed by atoms with Gasteiger partial charge in [0.15, 0.2) is 0 Å². The third kappa shape index (κ3) is 5.51. The zero-order valence-electron chi connectivity index (χ0n) is 14.4. The largest absolute Gasteiger partial charge is 0.431 e. The van der Waals surface area contributed by atoms with Crippen LogP contribution in [0.2, 0.25) is 0 Å². The van der Waals surface area contributed by atoms with Crippen LogP contribution in [0.25, 0.3) is 0 Å². The molecule has 0 saturated carbocycles. The predicted molar refractivity (Wildman–Crippen MR) is 101 cm³/mol. The van der Waals surface area contributed by atoms with Crippen molar-refractivity contribution in [3.63, 3.8) is 0 Å². The third-order valence-corrected chi connectivity index (χ3v) is 3.45. The Morgan fingerprint density at radius 1 is 1.28 bits per heavy atom. The summed E-state index contributed by atoms with van der Waals surface area (Å²) in [6, 6.07) is 12.3. The van der Waals surface area contributed by atoms with E-state index < -0.39 is 0 Å². The molecule has 25 heavy (non-hydrogen) atoms. The highest BCUT2D eigenvalue weighted by molar-refractivity contribution is 7.80. The minimum Gasteiger partial charge on any atom is -0.431 e. The number of hydrogen-bond acceptors (Lipinski definition) is 5. The molecule has 0 atom stereocenters. The number of carbonyl (C=O) groups is 1. The lowest BCUT2D eigenvalue weighted by Crippen LogP contribution is -2.33. The van der Waals surface area contributed by atoms with Gasteiger partial charge in [0.2, 0.25) is 0 Å². The molecular formula is C18H21N3O3S. The number of rotatable bonds is 6. The van der Waals surface area contributed by atoms with Crippen LogP contribution in [0.3, 0.4) is 0 Å². The van der Waals surface area contributed by atoms with E-state index in [4.69, 9.17) is 21.8 Å². The van der Waals surface area contributed by atoms with Gasteiger partial charge in [0.05, 0.1) is 6.10 Å². The van der Waals surface area contributed by atoms with Gasteiger partial charge in [0, 0.05) is 18.3 Å². The van der Waals surface area contributed by atoms with Crippen LogP contribution < -0.4 is 15.1 Å². The molecule has 2 aromatic rings. The van der Waals surface area contributed by atoms with Crippen LogP contribution in [-0.2, 0) is 4.84 Å². The van der Waals surface area contributed by atoms with Crippen molar-refractivity contribution in [2.24, 2.45) is 0 Å². The highest BCUT2D eigenvalue weighted by Crippen LogP contribution is 2.17. The molecule has 0 aliphatic carbocycles. The van der Waals surface area contributed by atoms with E-state index >= 15 is 0 Å². The Hall–Kier alpha value is -2.51. The highest BCUT2D eigenvalue weighted by Gasteiger charge is 2.14. The van der Waals surface area contributed by atoms with E-state index in [0.29, 0.717) is 23.7 Å². The van der Waals surface area contributed by atoms with Gasteiger partial charge in [-0.1, -0.05) is 12.1 Å². The van der Waals surface area contributed by atoms with E-state index in [1.54, 1.807) is 35.4 Å². The topological polar surface area (TPSA) is 63.7 Å². The molecule has 0 aliphatic rings. The number of hydrogen-bond donors (Lipinski definition) is 1. The molecule has 7 heteroatoms. The lowest BCUT2D eigenvalue weighted by atomic mass is 10.2. The maximum Gasteiger partial charge on any atom is 0.274 e. The SMILES string of the molecule is CCN(C(=S)Oc1cccc(C(=O)NOC(C)C)c1)c1ccccn1. The number of anilines is 1. The fourth-order valence-corrected chi connectivity index (χ4v) is 2.30. The van der Waals surface area contributed by atoms with Crippen molar-refractivity contribution >= 4 is 29.1 Å². The van der Waals surface area contributed by atoms with Gasteiger partial charge < -0.3 is 4.74 Å². The average molecular weight is 359 g/mol. The lowest BCUT2D eigenvalue weighted by molar-refractivity contribution is 0.000180. The summed E-state index contributed by atoms with van der Waals surface area (Å²) in [6.07, 6.45) is 1.59. The Morgan fingerprint density at radius 2 is 2.08 bits per heavy atom. The van der Waals surface area contributed by atoms with Gasteiger partial charge in [-0.15, -0.1) is 0 Å². The summed E-state index contributed by atoms with van der Waals surface area (Å²) in [5, 5.41) is 0.261. The Kier molecular flexibility index (Phi) is 6.85. The van der Waals surface area contributed by atoms with Gasteiger partial charge in [-0.2, -0.15) is 0 Å². The number of benzene rings is 1. The number of thiocarbonyl (C=S) groups is 1. The number of pyridine rings is 1. The molecule has 0 saturated heterocycles. The Bertz CT molecular complexity index is 723. The number of nitrogens with zero attached hydrogens (tertiary/aromatic N) is 2. The summed E-state index contributed by atoms with van der Waals surface area (Å²) in [5.41, 5.74) is 2.81. The Balaban J connectivity index is 2.08. The Labute approximate surface area is 152 Å². The molecule has 1 N–H and O–H groups in total. The number of amides is 1. The molecule has 0 spiro atoms. The molecule has 1 aromatic carbocycles. The second kappa shape index (κ2) is 9.10. The molecule has 1 heterocycles. The molecule has 2 rings (SSSR count). The molecule has 132 valence electrons. The van der Waals surface area contributed by atoms with E-state index in [9.17, 15) is 4.79 Å². The van der Waals surface area contributed by atoms with Gasteiger partial charge in [-0.3, -0.25) is 14.5 Å². The zero-order valence-corrected chi connectivity index (χ0v) is 15.2. The summed E-state index contributed by atoms with van der Waals surface area (Å²) in [7, 11) is 0. The first-order chi connectivity index (χ1) is 12.0. The summed E-state index contributed by atoms with van der Waals surface area (Å²) in [6.45, 7) is 6.22. The van der Waals surface area contributed by atoms with Crippen molar-refractivity contribution in [3.8, 4) is 5.75 Å². The smallest absolute Gasteiger partial charge is 0.274 e. The van der Waals surface area contributed by atoms with E-state index in [-0.39, 0.29) is 17.2 Å². The molecule has 1 amide bonds. The molecule has 1 aromatic heterocycles. The van der Waals surface area contributed by atoms with Gasteiger partial charge in [0.1, 0.15) is 11.6 Å². The first-order valence-electron chi connectivity index (χ1n) is 7.97. The van der Waals surface area contributed by atoms with Crippen molar-refractivity contribution in [3.05, 3.63) is 54.2 Å². The first-order valence-corrected chi connectivity index (χ1v) is 8.38. The van der Waals surface area contributed by atoms with Crippen LogP contribution in [0.4, 0.5) is 5.82 Å². The number of aromatic nitrogens is 1. The molecule has 0 bridgehead atoms. The summed E-state index contributed by atoms with van der Waals surface area (Å²) < 4.78 is 5.73. The molecule has 0 unspecified atom stereocenters. The zero-order chi connectivity index (χ0) is 18.2. The van der Waals surface area contributed by atoms with Crippen molar-refractivity contribution < 1.29 is 14.4 Å². The number of carbonyl (C=O) groups excluding carboxylic acids is 1. The van der Waals surface area contributed by atoms with Crippen molar-refractivity contribution in [1.82, 2.24) is 10.5 Å². The fourth-order valence-electron chi connectivity index (χ4n) is 1.99. The van der Waals surface area contributed by atoms with Crippen molar-refractivity contribution in [2.75, 3.05) is 11.4 Å². The van der Waals surface area contributed by atoms with Crippen LogP contribution in [-0.4, -0.2) is 28.7 Å². The summed E-state index contributed by atoms with van der Waals surface area (Å²) in [4.78, 5) is 23.2. The van der Waals surface area contributed by atoms with Crippen molar-refractivity contribution in [2.45, 2.75) is 26.9 Å². The second-order valence-electron chi connectivity index (χ2n) is 5.43. The molecule has 0 fully saturated rings. The van der Waals surface area contributed by atoms with Crippen LogP contribution in [0.1, 0.15) is 31.1 Å². The van der Waals surface area contributed by atoms with Gasteiger partial charge in [-0.25, -0.2) is 10.5 Å². The predicted octanol–water partition coefficient (Wildman–Crippen LogP) is 3.34. The van der Waals surface area contributed by atoms with Crippen molar-refractivity contribution in [1.29, 1.82) is 0 Å². The van der Waals surface area contributed by atoms with Crippen LogP contribution in [0.5, 0.6) is 5.75 Å². The van der Waals surface area contributed by atoms with Gasteiger partial charge in [-0.05, 0) is 63.3 Å². The summed E-state index contributed by atoms with van der Waals surface area (Å²) >= 11 is 5.37. The van der Waals surface area contributed by atoms with Gasteiger partial charge in [0.25, 0.3) is 11.1 Å². The molecular weight excluding hydrogens is 338 g/mol. The number of ether oxygens (including phenoxy) is 1. The summed E-state index contributed by atoms with van der Waals surface area (Å²) in [5.74, 6) is 0.827.